The highest BCUT2D eigenvalue weighted by molar-refractivity contribution is 8.26. The number of carbonyl (C=O) groups excluding carboxylic acids is 1. The lowest BCUT2D eigenvalue weighted by Gasteiger charge is -2.22. The number of unbranched alkanes of at least 4 members (excludes halogenated alkanes) is 2. The third-order valence-corrected chi connectivity index (χ3v) is 8.49. The SMILES string of the molecule is CCCCC(CC)CN1C(=O)/C(=C\c2c(C)c(C#N)c(=O)n(CCCC)c2NCc2ccc(F)cc2)SC1=S. The number of carbonyl (C=O) groups is 1. The van der Waals surface area contributed by atoms with E-state index in [1.54, 1.807) is 34.6 Å². The Morgan fingerprint density at radius 3 is 2.46 bits per heavy atom. The van der Waals surface area contributed by atoms with E-state index in [0.29, 0.717) is 51.7 Å². The highest BCUT2D eigenvalue weighted by atomic mass is 32.2. The summed E-state index contributed by atoms with van der Waals surface area (Å²) in [7, 11) is 0. The third-order valence-electron chi connectivity index (χ3n) is 7.12. The summed E-state index contributed by atoms with van der Waals surface area (Å²) >= 11 is 6.86. The van der Waals surface area contributed by atoms with Gasteiger partial charge in [0.2, 0.25) is 0 Å². The highest BCUT2D eigenvalue weighted by Crippen LogP contribution is 2.36. The molecule has 1 unspecified atom stereocenters. The van der Waals surface area contributed by atoms with Gasteiger partial charge in [0.05, 0.1) is 4.91 Å². The van der Waals surface area contributed by atoms with Crippen LogP contribution in [0.15, 0.2) is 34.0 Å². The van der Waals surface area contributed by atoms with Crippen LogP contribution in [0.5, 0.6) is 0 Å². The Bertz CT molecular complexity index is 1330. The summed E-state index contributed by atoms with van der Waals surface area (Å²) in [4.78, 5) is 29.0. The number of nitriles is 1. The number of aromatic nitrogens is 1. The molecule has 9 heteroatoms. The summed E-state index contributed by atoms with van der Waals surface area (Å²) < 4.78 is 15.6. The lowest BCUT2D eigenvalue weighted by atomic mass is 9.99. The molecule has 1 aliphatic rings. The van der Waals surface area contributed by atoms with E-state index in [4.69, 9.17) is 12.2 Å². The van der Waals surface area contributed by atoms with Crippen LogP contribution < -0.4 is 10.9 Å². The van der Waals surface area contributed by atoms with Gasteiger partial charge in [0.25, 0.3) is 11.5 Å². The second-order valence-electron chi connectivity index (χ2n) is 9.87. The molecule has 1 aromatic heterocycles. The molecular weight excluding hydrogens is 531 g/mol. The predicted octanol–water partition coefficient (Wildman–Crippen LogP) is 7.00. The number of rotatable bonds is 13. The molecule has 1 fully saturated rings. The number of nitrogens with zero attached hydrogens (tertiary/aromatic N) is 3. The van der Waals surface area contributed by atoms with Crippen LogP contribution in [0.1, 0.15) is 81.5 Å². The van der Waals surface area contributed by atoms with Gasteiger partial charge in [-0.25, -0.2) is 4.39 Å². The normalized spacial score (nSPS) is 15.2. The van der Waals surface area contributed by atoms with Crippen LogP contribution in [0.3, 0.4) is 0 Å². The number of hydrogen-bond acceptors (Lipinski definition) is 6. The van der Waals surface area contributed by atoms with Gasteiger partial charge in [0.1, 0.15) is 27.6 Å². The summed E-state index contributed by atoms with van der Waals surface area (Å²) in [6.07, 6.45) is 7.62. The van der Waals surface area contributed by atoms with Gasteiger partial charge in [0.15, 0.2) is 0 Å². The van der Waals surface area contributed by atoms with Gasteiger partial charge in [-0.3, -0.25) is 19.1 Å². The van der Waals surface area contributed by atoms with Gasteiger partial charge in [-0.2, -0.15) is 5.26 Å². The molecule has 1 aliphatic heterocycles. The molecule has 39 heavy (non-hydrogen) atoms. The first-order valence-corrected chi connectivity index (χ1v) is 14.9. The number of anilines is 1. The van der Waals surface area contributed by atoms with Crippen molar-refractivity contribution < 1.29 is 9.18 Å². The van der Waals surface area contributed by atoms with E-state index in [0.717, 1.165) is 44.1 Å². The molecular formula is C30H37FN4O2S2. The molecule has 1 aromatic carbocycles. The van der Waals surface area contributed by atoms with Crippen LogP contribution in [-0.2, 0) is 17.9 Å². The second kappa shape index (κ2) is 14.4. The fourth-order valence-corrected chi connectivity index (χ4v) is 5.89. The Labute approximate surface area is 240 Å². The minimum atomic E-state index is -0.364. The lowest BCUT2D eigenvalue weighted by Crippen LogP contribution is -2.33. The lowest BCUT2D eigenvalue weighted by molar-refractivity contribution is -0.122. The second-order valence-corrected chi connectivity index (χ2v) is 11.5. The van der Waals surface area contributed by atoms with Crippen molar-refractivity contribution in [2.75, 3.05) is 11.9 Å². The van der Waals surface area contributed by atoms with Crippen molar-refractivity contribution in [2.45, 2.75) is 79.3 Å². The number of amides is 1. The summed E-state index contributed by atoms with van der Waals surface area (Å²) in [5.41, 5.74) is 1.66. The van der Waals surface area contributed by atoms with E-state index < -0.39 is 0 Å². The zero-order valence-electron chi connectivity index (χ0n) is 23.2. The van der Waals surface area contributed by atoms with E-state index in [2.05, 4.69) is 25.2 Å². The van der Waals surface area contributed by atoms with Crippen molar-refractivity contribution in [3.63, 3.8) is 0 Å². The molecule has 1 N–H and O–H groups in total. The first-order valence-electron chi connectivity index (χ1n) is 13.7. The summed E-state index contributed by atoms with van der Waals surface area (Å²) in [6.45, 7) is 9.42. The van der Waals surface area contributed by atoms with Crippen LogP contribution >= 0.6 is 24.0 Å². The third kappa shape index (κ3) is 7.37. The molecule has 3 rings (SSSR count). The topological polar surface area (TPSA) is 78.1 Å². The Balaban J connectivity index is 2.06. The maximum Gasteiger partial charge on any atom is 0.270 e. The average Bonchev–Trinajstić information content (AvgIpc) is 3.19. The van der Waals surface area contributed by atoms with Crippen molar-refractivity contribution in [2.24, 2.45) is 5.92 Å². The van der Waals surface area contributed by atoms with Crippen molar-refractivity contribution in [1.82, 2.24) is 9.47 Å². The van der Waals surface area contributed by atoms with Gasteiger partial charge < -0.3 is 5.32 Å². The fourth-order valence-electron chi connectivity index (χ4n) is 4.64. The van der Waals surface area contributed by atoms with E-state index in [9.17, 15) is 19.2 Å². The smallest absolute Gasteiger partial charge is 0.270 e. The Kier molecular flexibility index (Phi) is 11.3. The highest BCUT2D eigenvalue weighted by Gasteiger charge is 2.34. The van der Waals surface area contributed by atoms with Crippen molar-refractivity contribution in [1.29, 1.82) is 5.26 Å². The van der Waals surface area contributed by atoms with E-state index >= 15 is 0 Å². The molecule has 0 saturated carbocycles. The molecule has 208 valence electrons. The van der Waals surface area contributed by atoms with Crippen LogP contribution in [-0.4, -0.2) is 26.2 Å². The molecule has 2 aromatic rings. The van der Waals surface area contributed by atoms with Gasteiger partial charge in [-0.05, 0) is 55.0 Å². The molecule has 6 nitrogen and oxygen atoms in total. The maximum absolute atomic E-state index is 13.5. The number of thiocarbonyl (C=S) groups is 1. The van der Waals surface area contributed by atoms with Gasteiger partial charge in [0, 0.05) is 25.2 Å². The zero-order chi connectivity index (χ0) is 28.5. The first-order chi connectivity index (χ1) is 18.7. The fraction of sp³-hybridized carbons (Fsp3) is 0.467. The molecule has 1 atom stereocenters. The molecule has 0 radical (unpaired) electrons. The molecule has 1 amide bonds. The summed E-state index contributed by atoms with van der Waals surface area (Å²) in [5.74, 6) is 0.445. The molecule has 0 spiro atoms. The Hall–Kier alpha value is -2.96. The van der Waals surface area contributed by atoms with Crippen molar-refractivity contribution >= 4 is 46.1 Å². The first kappa shape index (κ1) is 30.6. The standard InChI is InChI=1S/C30H37FN4O2S2/c1-5-8-10-21(7-3)19-35-29(37)26(39-30(35)38)16-24-20(4)25(17-32)28(36)34(15-9-6-2)27(24)33-18-22-11-13-23(31)14-12-22/h11-14,16,21,33H,5-10,15,18-19H2,1-4H3/b26-16+. The minimum Gasteiger partial charge on any atom is -0.367 e. The monoisotopic (exact) mass is 568 g/mol. The number of nitrogens with one attached hydrogen (secondary N) is 1. The maximum atomic E-state index is 13.5. The van der Waals surface area contributed by atoms with E-state index in [1.807, 2.05) is 6.92 Å². The molecule has 0 bridgehead atoms. The molecule has 0 aliphatic carbocycles. The van der Waals surface area contributed by atoms with Crippen LogP contribution in [0.2, 0.25) is 0 Å². The van der Waals surface area contributed by atoms with Crippen LogP contribution in [0.25, 0.3) is 6.08 Å². The number of pyridine rings is 1. The number of halogens is 1. The number of thioether (sulfide) groups is 1. The zero-order valence-corrected chi connectivity index (χ0v) is 24.8. The largest absolute Gasteiger partial charge is 0.367 e. The van der Waals surface area contributed by atoms with E-state index in [-0.39, 0.29) is 22.8 Å². The van der Waals surface area contributed by atoms with Gasteiger partial charge in [-0.15, -0.1) is 0 Å². The average molecular weight is 569 g/mol. The predicted molar refractivity (Wildman–Crippen MR) is 162 cm³/mol. The minimum absolute atomic E-state index is 0.0609. The summed E-state index contributed by atoms with van der Waals surface area (Å²) in [5, 5.41) is 13.2. The number of benzene rings is 1. The van der Waals surface area contributed by atoms with Gasteiger partial charge in [-0.1, -0.05) is 82.6 Å². The van der Waals surface area contributed by atoms with Gasteiger partial charge >= 0.3 is 0 Å². The Morgan fingerprint density at radius 1 is 1.15 bits per heavy atom. The number of hydrogen-bond donors (Lipinski definition) is 1. The van der Waals surface area contributed by atoms with Crippen LogP contribution in [0, 0.1) is 30.0 Å². The summed E-state index contributed by atoms with van der Waals surface area (Å²) in [6, 6.07) is 8.22. The quantitative estimate of drug-likeness (QED) is 0.207. The van der Waals surface area contributed by atoms with E-state index in [1.165, 1.54) is 23.9 Å². The van der Waals surface area contributed by atoms with Crippen molar-refractivity contribution in [3.8, 4) is 6.07 Å². The van der Waals surface area contributed by atoms with Crippen molar-refractivity contribution in [3.05, 3.63) is 67.6 Å². The molecule has 2 heterocycles. The molecule has 1 saturated heterocycles. The van der Waals surface area contributed by atoms with Crippen LogP contribution in [0.4, 0.5) is 10.2 Å². The Morgan fingerprint density at radius 2 is 1.85 bits per heavy atom.